The Morgan fingerprint density at radius 1 is 1.16 bits per heavy atom. The summed E-state index contributed by atoms with van der Waals surface area (Å²) in [6.45, 7) is 1.82. The summed E-state index contributed by atoms with van der Waals surface area (Å²) >= 11 is 14.5. The van der Waals surface area contributed by atoms with E-state index in [4.69, 9.17) is 28.3 Å². The molecule has 0 radical (unpaired) electrons. The Balaban J connectivity index is 1.65. The zero-order valence-electron chi connectivity index (χ0n) is 16.7. The summed E-state index contributed by atoms with van der Waals surface area (Å²) < 4.78 is 1.67. The molecule has 160 valence electrons. The number of halogens is 2. The average molecular weight is 483 g/mol. The number of allylic oxidation sites excluding steroid dienone is 1. The first kappa shape index (κ1) is 20.7. The number of aromatic nitrogens is 4. The van der Waals surface area contributed by atoms with Crippen molar-refractivity contribution in [1.29, 1.82) is 0 Å². The summed E-state index contributed by atoms with van der Waals surface area (Å²) in [7, 11) is 0. The van der Waals surface area contributed by atoms with Crippen molar-refractivity contribution in [2.24, 2.45) is 0 Å². The number of hydrogen-bond acceptors (Lipinski definition) is 6. The van der Waals surface area contributed by atoms with E-state index in [1.165, 1.54) is 11.3 Å². The molecule has 1 aliphatic rings. The van der Waals surface area contributed by atoms with Crippen LogP contribution in [0.4, 0.5) is 11.8 Å². The Bertz CT molecular complexity index is 1330. The van der Waals surface area contributed by atoms with Crippen LogP contribution in [-0.2, 0) is 4.79 Å². The second-order valence-electron chi connectivity index (χ2n) is 7.06. The molecule has 1 atom stereocenters. The molecule has 10 heteroatoms. The number of carbonyl (C=O) groups excluding carboxylic acids is 1. The van der Waals surface area contributed by atoms with E-state index in [2.05, 4.69) is 20.6 Å². The van der Waals surface area contributed by atoms with Gasteiger partial charge in [0.25, 0.3) is 5.91 Å². The monoisotopic (exact) mass is 482 g/mol. The number of carbonyl (C=O) groups is 1. The van der Waals surface area contributed by atoms with Crippen LogP contribution in [0.1, 0.15) is 18.5 Å². The molecule has 32 heavy (non-hydrogen) atoms. The first-order chi connectivity index (χ1) is 15.5. The fourth-order valence-electron chi connectivity index (χ4n) is 3.59. The van der Waals surface area contributed by atoms with Gasteiger partial charge in [-0.05, 0) is 36.6 Å². The second-order valence-corrected chi connectivity index (χ2v) is 8.79. The van der Waals surface area contributed by atoms with Crippen molar-refractivity contribution in [2.75, 3.05) is 10.6 Å². The highest BCUT2D eigenvalue weighted by Gasteiger charge is 2.36. The van der Waals surface area contributed by atoms with Crippen molar-refractivity contribution >= 4 is 52.2 Å². The lowest BCUT2D eigenvalue weighted by Crippen LogP contribution is -2.31. The standard InChI is InChI=1S/C22H16Cl2N6OS/c1-12-17(21(31)27-16-9-2-3-10-25-16)19(13-6-4-7-14(23)18(13)24)30-22(26-12)28-20(29-30)15-8-5-11-32-15/h2-11,19H,1H3,(H,25,27,31)(H,26,28,29). The van der Waals surface area contributed by atoms with E-state index >= 15 is 0 Å². The van der Waals surface area contributed by atoms with Gasteiger partial charge in [0.1, 0.15) is 11.9 Å². The molecule has 0 saturated heterocycles. The van der Waals surface area contributed by atoms with Crippen molar-refractivity contribution in [3.8, 4) is 10.7 Å². The smallest absolute Gasteiger partial charge is 0.257 e. The first-order valence-electron chi connectivity index (χ1n) is 9.67. The molecule has 2 N–H and O–H groups in total. The number of rotatable bonds is 4. The van der Waals surface area contributed by atoms with Crippen LogP contribution >= 0.6 is 34.5 Å². The lowest BCUT2D eigenvalue weighted by Gasteiger charge is -2.29. The summed E-state index contributed by atoms with van der Waals surface area (Å²) in [6, 6.07) is 13.9. The van der Waals surface area contributed by atoms with Crippen LogP contribution in [0.5, 0.6) is 0 Å². The highest BCUT2D eigenvalue weighted by molar-refractivity contribution is 7.13. The van der Waals surface area contributed by atoms with Gasteiger partial charge in [-0.2, -0.15) is 4.98 Å². The molecular formula is C22H16Cl2N6OS. The molecular weight excluding hydrogens is 467 g/mol. The first-order valence-corrected chi connectivity index (χ1v) is 11.3. The number of hydrogen-bond donors (Lipinski definition) is 2. The molecule has 0 bridgehead atoms. The largest absolute Gasteiger partial charge is 0.328 e. The minimum absolute atomic E-state index is 0.325. The van der Waals surface area contributed by atoms with Gasteiger partial charge in [-0.25, -0.2) is 9.67 Å². The Morgan fingerprint density at radius 2 is 2.03 bits per heavy atom. The maximum absolute atomic E-state index is 13.4. The normalized spacial score (nSPS) is 15.3. The predicted molar refractivity (Wildman–Crippen MR) is 127 cm³/mol. The van der Waals surface area contributed by atoms with Crippen LogP contribution in [0, 0.1) is 0 Å². The molecule has 4 aromatic rings. The van der Waals surface area contributed by atoms with E-state index in [-0.39, 0.29) is 5.91 Å². The van der Waals surface area contributed by atoms with Gasteiger partial charge >= 0.3 is 0 Å². The number of nitrogens with zero attached hydrogens (tertiary/aromatic N) is 4. The topological polar surface area (TPSA) is 84.7 Å². The molecule has 0 saturated carbocycles. The van der Waals surface area contributed by atoms with E-state index in [9.17, 15) is 4.79 Å². The maximum atomic E-state index is 13.4. The van der Waals surface area contributed by atoms with Gasteiger partial charge in [-0.15, -0.1) is 16.4 Å². The van der Waals surface area contributed by atoms with Gasteiger partial charge in [-0.3, -0.25) is 4.79 Å². The van der Waals surface area contributed by atoms with E-state index in [0.717, 1.165) is 4.88 Å². The van der Waals surface area contributed by atoms with Crippen molar-refractivity contribution in [3.05, 3.63) is 87.0 Å². The lowest BCUT2D eigenvalue weighted by molar-refractivity contribution is -0.113. The van der Waals surface area contributed by atoms with Gasteiger partial charge in [0.15, 0.2) is 5.82 Å². The highest BCUT2D eigenvalue weighted by atomic mass is 35.5. The summed E-state index contributed by atoms with van der Waals surface area (Å²) in [5.74, 6) is 1.19. The Kier molecular flexibility index (Phi) is 5.42. The molecule has 1 aromatic carbocycles. The molecule has 1 unspecified atom stereocenters. The molecule has 0 aliphatic carbocycles. The minimum Gasteiger partial charge on any atom is -0.328 e. The molecule has 0 spiro atoms. The molecule has 3 aromatic heterocycles. The van der Waals surface area contributed by atoms with Crippen LogP contribution in [0.25, 0.3) is 10.7 Å². The number of benzene rings is 1. The van der Waals surface area contributed by atoms with Gasteiger partial charge in [0.2, 0.25) is 5.95 Å². The molecule has 0 fully saturated rings. The molecule has 1 aliphatic heterocycles. The van der Waals surface area contributed by atoms with E-state index in [1.54, 1.807) is 41.2 Å². The van der Waals surface area contributed by atoms with Gasteiger partial charge in [-0.1, -0.05) is 47.5 Å². The van der Waals surface area contributed by atoms with Crippen molar-refractivity contribution in [3.63, 3.8) is 0 Å². The Labute approximate surface area is 197 Å². The predicted octanol–water partition coefficient (Wildman–Crippen LogP) is 5.64. The minimum atomic E-state index is -0.637. The molecule has 7 nitrogen and oxygen atoms in total. The van der Waals surface area contributed by atoms with Crippen LogP contribution in [0.3, 0.4) is 0 Å². The van der Waals surface area contributed by atoms with Crippen LogP contribution < -0.4 is 10.6 Å². The van der Waals surface area contributed by atoms with E-state index < -0.39 is 6.04 Å². The zero-order chi connectivity index (χ0) is 22.2. The van der Waals surface area contributed by atoms with Gasteiger partial charge in [0, 0.05) is 17.5 Å². The number of amides is 1. The van der Waals surface area contributed by atoms with E-state index in [1.807, 2.05) is 30.5 Å². The fraction of sp³-hybridized carbons (Fsp3) is 0.0909. The average Bonchev–Trinajstić information content (AvgIpc) is 3.45. The maximum Gasteiger partial charge on any atom is 0.257 e. The summed E-state index contributed by atoms with van der Waals surface area (Å²) in [5, 5.41) is 13.5. The SMILES string of the molecule is CC1=C(C(=O)Nc2ccccn2)C(c2cccc(Cl)c2Cl)n2nc(-c3cccs3)nc2N1. The molecule has 1 amide bonds. The highest BCUT2D eigenvalue weighted by Crippen LogP contribution is 2.41. The zero-order valence-corrected chi connectivity index (χ0v) is 19.0. The van der Waals surface area contributed by atoms with Crippen molar-refractivity contribution in [1.82, 2.24) is 19.7 Å². The third-order valence-electron chi connectivity index (χ3n) is 5.02. The molecule has 5 rings (SSSR count). The summed E-state index contributed by atoms with van der Waals surface area (Å²) in [6.07, 6.45) is 1.62. The van der Waals surface area contributed by atoms with Crippen molar-refractivity contribution in [2.45, 2.75) is 13.0 Å². The number of nitrogens with one attached hydrogen (secondary N) is 2. The number of anilines is 2. The summed E-state index contributed by atoms with van der Waals surface area (Å²) in [5.41, 5.74) is 1.72. The Hall–Kier alpha value is -3.20. The quantitative estimate of drug-likeness (QED) is 0.393. The lowest BCUT2D eigenvalue weighted by atomic mass is 9.95. The number of pyridine rings is 1. The number of fused-ring (bicyclic) bond motifs is 1. The summed E-state index contributed by atoms with van der Waals surface area (Å²) in [4.78, 5) is 23.2. The van der Waals surface area contributed by atoms with Gasteiger partial charge in [0.05, 0.1) is 20.5 Å². The fourth-order valence-corrected chi connectivity index (χ4v) is 4.66. The molecule has 4 heterocycles. The van der Waals surface area contributed by atoms with Crippen molar-refractivity contribution < 1.29 is 4.79 Å². The second kappa shape index (κ2) is 8.38. The number of thiophene rings is 1. The van der Waals surface area contributed by atoms with Crippen LogP contribution in [-0.4, -0.2) is 25.7 Å². The van der Waals surface area contributed by atoms with E-state index in [0.29, 0.717) is 44.5 Å². The van der Waals surface area contributed by atoms with Crippen LogP contribution in [0.15, 0.2) is 71.4 Å². The Morgan fingerprint density at radius 3 is 2.78 bits per heavy atom. The van der Waals surface area contributed by atoms with Gasteiger partial charge < -0.3 is 10.6 Å². The third kappa shape index (κ3) is 3.66. The third-order valence-corrected chi connectivity index (χ3v) is 6.72. The van der Waals surface area contributed by atoms with Crippen LogP contribution in [0.2, 0.25) is 10.0 Å².